The second-order valence-electron chi connectivity index (χ2n) is 5.04. The first-order valence-electron chi connectivity index (χ1n) is 6.94. The molecule has 1 amide bonds. The van der Waals surface area contributed by atoms with Gasteiger partial charge in [-0.15, -0.1) is 0 Å². The summed E-state index contributed by atoms with van der Waals surface area (Å²) in [5.74, 6) is 0.788. The molecule has 0 fully saturated rings. The standard InChI is InChI=1S/C15H12N6O2/c1-8-6-11(21-23-8)15(22)19-12-7-16-20-13(12)14-17-9-4-2-3-5-10(9)18-14/h2-7H,1H3,(H,16,20)(H,17,18)(H,19,22). The number of anilines is 1. The Balaban J connectivity index is 1.66. The number of aromatic amines is 2. The summed E-state index contributed by atoms with van der Waals surface area (Å²) < 4.78 is 4.91. The summed E-state index contributed by atoms with van der Waals surface area (Å²) in [4.78, 5) is 19.9. The fourth-order valence-corrected chi connectivity index (χ4v) is 2.29. The van der Waals surface area contributed by atoms with Gasteiger partial charge in [-0.3, -0.25) is 9.89 Å². The number of aromatic nitrogens is 5. The van der Waals surface area contributed by atoms with Crippen molar-refractivity contribution in [2.75, 3.05) is 5.32 Å². The van der Waals surface area contributed by atoms with E-state index >= 15 is 0 Å². The Labute approximate surface area is 129 Å². The van der Waals surface area contributed by atoms with Crippen LogP contribution in [0.15, 0.2) is 41.1 Å². The number of nitrogens with one attached hydrogen (secondary N) is 3. The molecule has 114 valence electrons. The third-order valence-electron chi connectivity index (χ3n) is 3.37. The lowest BCUT2D eigenvalue weighted by Crippen LogP contribution is -2.12. The Morgan fingerprint density at radius 2 is 2.17 bits per heavy atom. The van der Waals surface area contributed by atoms with E-state index in [2.05, 4.69) is 30.6 Å². The van der Waals surface area contributed by atoms with Gasteiger partial charge < -0.3 is 14.8 Å². The molecule has 0 spiro atoms. The number of amides is 1. The summed E-state index contributed by atoms with van der Waals surface area (Å²) in [6.45, 7) is 1.72. The molecule has 0 unspecified atom stereocenters. The van der Waals surface area contributed by atoms with Crippen LogP contribution < -0.4 is 5.32 Å². The van der Waals surface area contributed by atoms with Crippen molar-refractivity contribution in [3.05, 3.63) is 48.0 Å². The van der Waals surface area contributed by atoms with Crippen LogP contribution in [-0.2, 0) is 0 Å². The predicted molar refractivity (Wildman–Crippen MR) is 82.9 cm³/mol. The summed E-state index contributed by atoms with van der Waals surface area (Å²) >= 11 is 0. The van der Waals surface area contributed by atoms with Gasteiger partial charge in [0, 0.05) is 6.07 Å². The van der Waals surface area contributed by atoms with E-state index in [1.54, 1.807) is 13.0 Å². The molecule has 4 rings (SSSR count). The number of fused-ring (bicyclic) bond motifs is 1. The van der Waals surface area contributed by atoms with Gasteiger partial charge in [0.2, 0.25) is 0 Å². The minimum absolute atomic E-state index is 0.208. The monoisotopic (exact) mass is 308 g/mol. The molecule has 3 heterocycles. The van der Waals surface area contributed by atoms with E-state index in [0.717, 1.165) is 11.0 Å². The van der Waals surface area contributed by atoms with Crippen molar-refractivity contribution < 1.29 is 9.32 Å². The molecule has 3 aromatic heterocycles. The first-order chi connectivity index (χ1) is 11.2. The van der Waals surface area contributed by atoms with E-state index in [9.17, 15) is 4.79 Å². The van der Waals surface area contributed by atoms with Crippen LogP contribution >= 0.6 is 0 Å². The first-order valence-corrected chi connectivity index (χ1v) is 6.94. The van der Waals surface area contributed by atoms with E-state index in [4.69, 9.17) is 4.52 Å². The molecule has 3 N–H and O–H groups in total. The normalized spacial score (nSPS) is 11.0. The highest BCUT2D eigenvalue weighted by Gasteiger charge is 2.17. The van der Waals surface area contributed by atoms with Crippen molar-refractivity contribution in [1.82, 2.24) is 25.3 Å². The van der Waals surface area contributed by atoms with Crippen molar-refractivity contribution in [3.63, 3.8) is 0 Å². The summed E-state index contributed by atoms with van der Waals surface area (Å²) in [6, 6.07) is 9.24. The zero-order valence-corrected chi connectivity index (χ0v) is 12.1. The van der Waals surface area contributed by atoms with E-state index in [-0.39, 0.29) is 11.6 Å². The number of benzene rings is 1. The van der Waals surface area contributed by atoms with E-state index in [0.29, 0.717) is 23.0 Å². The number of imidazole rings is 1. The lowest BCUT2D eigenvalue weighted by molar-refractivity contribution is 0.101. The van der Waals surface area contributed by atoms with Crippen LogP contribution in [0.4, 0.5) is 5.69 Å². The molecule has 23 heavy (non-hydrogen) atoms. The molecular weight excluding hydrogens is 296 g/mol. The average Bonchev–Trinajstić information content (AvgIpc) is 3.25. The maximum atomic E-state index is 12.2. The third-order valence-corrected chi connectivity index (χ3v) is 3.37. The topological polar surface area (TPSA) is 112 Å². The smallest absolute Gasteiger partial charge is 0.277 e. The van der Waals surface area contributed by atoms with Crippen LogP contribution in [0, 0.1) is 6.92 Å². The second kappa shape index (κ2) is 5.09. The zero-order valence-electron chi connectivity index (χ0n) is 12.1. The number of nitrogens with zero attached hydrogens (tertiary/aromatic N) is 3. The molecule has 0 aliphatic carbocycles. The molecule has 4 aromatic rings. The largest absolute Gasteiger partial charge is 0.361 e. The molecular formula is C15H12N6O2. The summed E-state index contributed by atoms with van der Waals surface area (Å²) in [6.07, 6.45) is 1.52. The van der Waals surface area contributed by atoms with Gasteiger partial charge in [-0.05, 0) is 19.1 Å². The van der Waals surface area contributed by atoms with Gasteiger partial charge in [0.25, 0.3) is 5.91 Å². The van der Waals surface area contributed by atoms with Crippen molar-refractivity contribution in [3.8, 4) is 11.5 Å². The van der Waals surface area contributed by atoms with Crippen LogP contribution in [0.2, 0.25) is 0 Å². The van der Waals surface area contributed by atoms with Crippen LogP contribution in [0.1, 0.15) is 16.2 Å². The number of carbonyl (C=O) groups excluding carboxylic acids is 1. The number of hydrogen-bond donors (Lipinski definition) is 3. The SMILES string of the molecule is Cc1cc(C(=O)Nc2cn[nH]c2-c2nc3ccccc3[nH]2)no1. The van der Waals surface area contributed by atoms with Crippen molar-refractivity contribution in [2.24, 2.45) is 0 Å². The first kappa shape index (κ1) is 13.3. The summed E-state index contributed by atoms with van der Waals surface area (Å²) in [5, 5.41) is 13.3. The maximum absolute atomic E-state index is 12.2. The molecule has 0 saturated heterocycles. The van der Waals surface area contributed by atoms with E-state index in [1.807, 2.05) is 24.3 Å². The summed E-state index contributed by atoms with van der Waals surface area (Å²) in [5.41, 5.74) is 3.05. The lowest BCUT2D eigenvalue weighted by Gasteiger charge is -2.01. The number of carbonyl (C=O) groups is 1. The second-order valence-corrected chi connectivity index (χ2v) is 5.04. The molecule has 0 atom stereocenters. The fourth-order valence-electron chi connectivity index (χ4n) is 2.29. The van der Waals surface area contributed by atoms with Gasteiger partial charge >= 0.3 is 0 Å². The Bertz CT molecular complexity index is 963. The minimum atomic E-state index is -0.374. The van der Waals surface area contributed by atoms with Crippen LogP contribution in [0.5, 0.6) is 0 Å². The lowest BCUT2D eigenvalue weighted by atomic mass is 10.3. The predicted octanol–water partition coefficient (Wildman–Crippen LogP) is 2.50. The molecule has 1 aromatic carbocycles. The molecule has 0 saturated carbocycles. The van der Waals surface area contributed by atoms with E-state index in [1.165, 1.54) is 6.20 Å². The minimum Gasteiger partial charge on any atom is -0.361 e. The van der Waals surface area contributed by atoms with Gasteiger partial charge in [0.15, 0.2) is 11.5 Å². The van der Waals surface area contributed by atoms with Gasteiger partial charge in [-0.2, -0.15) is 5.10 Å². The molecule has 0 aliphatic heterocycles. The Morgan fingerprint density at radius 1 is 1.30 bits per heavy atom. The van der Waals surface area contributed by atoms with Gasteiger partial charge in [0.1, 0.15) is 11.5 Å². The number of hydrogen-bond acceptors (Lipinski definition) is 5. The highest BCUT2D eigenvalue weighted by molar-refractivity contribution is 6.04. The molecule has 0 radical (unpaired) electrons. The van der Waals surface area contributed by atoms with Crippen LogP contribution in [0.3, 0.4) is 0 Å². The van der Waals surface area contributed by atoms with E-state index < -0.39 is 0 Å². The van der Waals surface area contributed by atoms with Crippen molar-refractivity contribution in [2.45, 2.75) is 6.92 Å². The third kappa shape index (κ3) is 2.35. The highest BCUT2D eigenvalue weighted by Crippen LogP contribution is 2.25. The number of H-pyrrole nitrogens is 2. The quantitative estimate of drug-likeness (QED) is 0.538. The number of aryl methyl sites for hydroxylation is 1. The zero-order chi connectivity index (χ0) is 15.8. The van der Waals surface area contributed by atoms with Crippen LogP contribution in [-0.4, -0.2) is 31.2 Å². The molecule has 8 heteroatoms. The molecule has 0 aliphatic rings. The van der Waals surface area contributed by atoms with Gasteiger partial charge in [-0.1, -0.05) is 17.3 Å². The van der Waals surface area contributed by atoms with Gasteiger partial charge in [-0.25, -0.2) is 4.98 Å². The average molecular weight is 308 g/mol. The molecule has 8 nitrogen and oxygen atoms in total. The van der Waals surface area contributed by atoms with Crippen LogP contribution in [0.25, 0.3) is 22.6 Å². The number of rotatable bonds is 3. The summed E-state index contributed by atoms with van der Waals surface area (Å²) in [7, 11) is 0. The molecule has 0 bridgehead atoms. The fraction of sp³-hybridized carbons (Fsp3) is 0.0667. The number of para-hydroxylation sites is 2. The maximum Gasteiger partial charge on any atom is 0.277 e. The Morgan fingerprint density at radius 3 is 2.96 bits per heavy atom. The van der Waals surface area contributed by atoms with Gasteiger partial charge in [0.05, 0.1) is 22.9 Å². The Hall–Kier alpha value is -3.42. The van der Waals surface area contributed by atoms with Crippen molar-refractivity contribution in [1.29, 1.82) is 0 Å². The van der Waals surface area contributed by atoms with Crippen molar-refractivity contribution >= 4 is 22.6 Å². The Kier molecular flexibility index (Phi) is 2.94. The highest BCUT2D eigenvalue weighted by atomic mass is 16.5.